The highest BCUT2D eigenvalue weighted by molar-refractivity contribution is 7.98. The van der Waals surface area contributed by atoms with Crippen molar-refractivity contribution in [2.75, 3.05) is 0 Å². The first-order valence-electron chi connectivity index (χ1n) is 6.46. The maximum absolute atomic E-state index is 10.7. The Kier molecular flexibility index (Phi) is 5.17. The van der Waals surface area contributed by atoms with Gasteiger partial charge in [0.2, 0.25) is 5.89 Å². The molecule has 0 fully saturated rings. The van der Waals surface area contributed by atoms with E-state index in [1.807, 2.05) is 0 Å². The first kappa shape index (κ1) is 14.6. The van der Waals surface area contributed by atoms with E-state index in [4.69, 9.17) is 9.63 Å². The summed E-state index contributed by atoms with van der Waals surface area (Å²) < 4.78 is 5.17. The molecule has 0 radical (unpaired) electrons. The topological polar surface area (TPSA) is 76.2 Å². The number of carboxylic acid groups (broad SMARTS) is 1. The summed E-state index contributed by atoms with van der Waals surface area (Å²) in [5, 5.41) is 12.7. The fourth-order valence-corrected chi connectivity index (χ4v) is 2.36. The second kappa shape index (κ2) is 7.09. The molecule has 0 bridgehead atoms. The van der Waals surface area contributed by atoms with Crippen molar-refractivity contribution in [3.05, 3.63) is 41.5 Å². The first-order chi connectivity index (χ1) is 9.69. The number of hydrogen-bond donors (Lipinski definition) is 1. The number of hydrogen-bond acceptors (Lipinski definition) is 5. The summed E-state index contributed by atoms with van der Waals surface area (Å²) in [6.45, 7) is 2.12. The van der Waals surface area contributed by atoms with E-state index in [2.05, 4.69) is 17.1 Å². The molecule has 1 N–H and O–H groups in total. The van der Waals surface area contributed by atoms with Crippen molar-refractivity contribution >= 4 is 17.7 Å². The van der Waals surface area contributed by atoms with Crippen LogP contribution in [0.5, 0.6) is 0 Å². The van der Waals surface area contributed by atoms with Crippen LogP contribution in [0.3, 0.4) is 0 Å². The van der Waals surface area contributed by atoms with E-state index in [9.17, 15) is 4.79 Å². The van der Waals surface area contributed by atoms with Gasteiger partial charge in [0, 0.05) is 11.3 Å². The van der Waals surface area contributed by atoms with Crippen LogP contribution in [0.2, 0.25) is 0 Å². The minimum absolute atomic E-state index is 0.286. The van der Waals surface area contributed by atoms with Crippen LogP contribution < -0.4 is 0 Å². The van der Waals surface area contributed by atoms with Crippen LogP contribution in [-0.4, -0.2) is 21.2 Å². The molecule has 0 aliphatic heterocycles. The van der Waals surface area contributed by atoms with Gasteiger partial charge in [0.25, 0.3) is 0 Å². The van der Waals surface area contributed by atoms with Gasteiger partial charge in [-0.3, -0.25) is 0 Å². The van der Waals surface area contributed by atoms with Gasteiger partial charge in [-0.25, -0.2) is 4.79 Å². The molecule has 106 valence electrons. The van der Waals surface area contributed by atoms with E-state index < -0.39 is 5.97 Å². The molecule has 0 unspecified atom stereocenters. The average Bonchev–Trinajstić information content (AvgIpc) is 2.91. The predicted octanol–water partition coefficient (Wildman–Crippen LogP) is 3.40. The number of thioether (sulfide) groups is 1. The Morgan fingerprint density at radius 1 is 1.35 bits per heavy atom. The fraction of sp³-hybridized carbons (Fsp3) is 0.357. The SMILES string of the molecule is CCCCc1noc(CSc2ccc(C(=O)O)cc2)n1. The highest BCUT2D eigenvalue weighted by Crippen LogP contribution is 2.22. The quantitative estimate of drug-likeness (QED) is 0.788. The lowest BCUT2D eigenvalue weighted by atomic mass is 10.2. The molecule has 6 heteroatoms. The lowest BCUT2D eigenvalue weighted by molar-refractivity contribution is 0.0697. The van der Waals surface area contributed by atoms with Crippen LogP contribution in [0.15, 0.2) is 33.7 Å². The van der Waals surface area contributed by atoms with Gasteiger partial charge in [-0.15, -0.1) is 11.8 Å². The molecule has 0 saturated carbocycles. The van der Waals surface area contributed by atoms with Crippen molar-refractivity contribution in [3.8, 4) is 0 Å². The van der Waals surface area contributed by atoms with E-state index in [1.165, 1.54) is 0 Å². The Bertz CT molecular complexity index is 566. The Balaban J connectivity index is 1.88. The van der Waals surface area contributed by atoms with Crippen molar-refractivity contribution < 1.29 is 14.4 Å². The smallest absolute Gasteiger partial charge is 0.335 e. The van der Waals surface area contributed by atoms with Gasteiger partial charge in [0.15, 0.2) is 5.82 Å². The number of nitrogens with zero attached hydrogens (tertiary/aromatic N) is 2. The lowest BCUT2D eigenvalue weighted by Crippen LogP contribution is -1.94. The normalized spacial score (nSPS) is 10.7. The number of aromatic carboxylic acids is 1. The Morgan fingerprint density at radius 2 is 2.10 bits per heavy atom. The molecule has 20 heavy (non-hydrogen) atoms. The largest absolute Gasteiger partial charge is 0.478 e. The zero-order valence-electron chi connectivity index (χ0n) is 11.2. The van der Waals surface area contributed by atoms with Crippen LogP contribution in [-0.2, 0) is 12.2 Å². The third-order valence-electron chi connectivity index (χ3n) is 2.73. The Labute approximate surface area is 121 Å². The number of aromatic nitrogens is 2. The molecule has 0 spiro atoms. The van der Waals surface area contributed by atoms with Crippen molar-refractivity contribution in [2.45, 2.75) is 36.8 Å². The standard InChI is InChI=1S/C14H16N2O3S/c1-2-3-4-12-15-13(19-16-12)9-20-11-7-5-10(6-8-11)14(17)18/h5-8H,2-4,9H2,1H3,(H,17,18). The van der Waals surface area contributed by atoms with Gasteiger partial charge in [-0.1, -0.05) is 18.5 Å². The first-order valence-corrected chi connectivity index (χ1v) is 7.45. The highest BCUT2D eigenvalue weighted by Gasteiger charge is 2.07. The molecular weight excluding hydrogens is 276 g/mol. The molecule has 1 heterocycles. The van der Waals surface area contributed by atoms with Crippen LogP contribution in [0.25, 0.3) is 0 Å². The van der Waals surface area contributed by atoms with E-state index in [0.29, 0.717) is 11.6 Å². The van der Waals surface area contributed by atoms with Gasteiger partial charge >= 0.3 is 5.97 Å². The predicted molar refractivity (Wildman–Crippen MR) is 75.9 cm³/mol. The third-order valence-corrected chi connectivity index (χ3v) is 3.72. The number of benzene rings is 1. The zero-order valence-corrected chi connectivity index (χ0v) is 12.0. The summed E-state index contributed by atoms with van der Waals surface area (Å²) in [7, 11) is 0. The summed E-state index contributed by atoms with van der Waals surface area (Å²) in [4.78, 5) is 16.0. The molecule has 0 saturated heterocycles. The van der Waals surface area contributed by atoms with E-state index in [0.717, 1.165) is 30.0 Å². The maximum Gasteiger partial charge on any atom is 0.335 e. The number of carboxylic acids is 1. The van der Waals surface area contributed by atoms with E-state index in [1.54, 1.807) is 36.0 Å². The monoisotopic (exact) mass is 292 g/mol. The minimum Gasteiger partial charge on any atom is -0.478 e. The van der Waals surface area contributed by atoms with E-state index >= 15 is 0 Å². The summed E-state index contributed by atoms with van der Waals surface area (Å²) >= 11 is 1.54. The van der Waals surface area contributed by atoms with Crippen molar-refractivity contribution in [1.82, 2.24) is 10.1 Å². The van der Waals surface area contributed by atoms with Crippen LogP contribution in [0, 0.1) is 0 Å². The van der Waals surface area contributed by atoms with Gasteiger partial charge in [-0.05, 0) is 30.7 Å². The number of rotatable bonds is 7. The highest BCUT2D eigenvalue weighted by atomic mass is 32.2. The Hall–Kier alpha value is -1.82. The van der Waals surface area contributed by atoms with Crippen molar-refractivity contribution in [2.24, 2.45) is 0 Å². The zero-order chi connectivity index (χ0) is 14.4. The molecule has 0 aliphatic carbocycles. The third kappa shape index (κ3) is 4.09. The molecule has 5 nitrogen and oxygen atoms in total. The second-order valence-corrected chi connectivity index (χ2v) is 5.37. The van der Waals surface area contributed by atoms with Gasteiger partial charge in [-0.2, -0.15) is 4.98 Å². The number of carbonyl (C=O) groups is 1. The molecule has 0 atom stereocenters. The van der Waals surface area contributed by atoms with Gasteiger partial charge in [0.1, 0.15) is 0 Å². The summed E-state index contributed by atoms with van der Waals surface area (Å²) in [6.07, 6.45) is 3.01. The average molecular weight is 292 g/mol. The number of unbranched alkanes of at least 4 members (excludes halogenated alkanes) is 1. The van der Waals surface area contributed by atoms with Gasteiger partial charge < -0.3 is 9.63 Å². The Morgan fingerprint density at radius 3 is 2.75 bits per heavy atom. The fourth-order valence-electron chi connectivity index (χ4n) is 1.62. The van der Waals surface area contributed by atoms with Crippen molar-refractivity contribution in [3.63, 3.8) is 0 Å². The molecule has 0 amide bonds. The molecule has 2 aromatic rings. The number of aryl methyl sites for hydroxylation is 1. The van der Waals surface area contributed by atoms with Gasteiger partial charge in [0.05, 0.1) is 11.3 Å². The summed E-state index contributed by atoms with van der Waals surface area (Å²) in [6, 6.07) is 6.74. The molecule has 0 aliphatic rings. The van der Waals surface area contributed by atoms with Crippen LogP contribution in [0.1, 0.15) is 41.8 Å². The summed E-state index contributed by atoms with van der Waals surface area (Å²) in [5.74, 6) is 1.03. The second-order valence-electron chi connectivity index (χ2n) is 4.33. The molecular formula is C14H16N2O3S. The lowest BCUT2D eigenvalue weighted by Gasteiger charge is -1.99. The van der Waals surface area contributed by atoms with E-state index in [-0.39, 0.29) is 5.56 Å². The summed E-state index contributed by atoms with van der Waals surface area (Å²) in [5.41, 5.74) is 0.286. The van der Waals surface area contributed by atoms with Crippen LogP contribution >= 0.6 is 11.8 Å². The van der Waals surface area contributed by atoms with Crippen LogP contribution in [0.4, 0.5) is 0 Å². The molecule has 2 rings (SSSR count). The minimum atomic E-state index is -0.918. The van der Waals surface area contributed by atoms with Crippen molar-refractivity contribution in [1.29, 1.82) is 0 Å². The maximum atomic E-state index is 10.7. The molecule has 1 aromatic carbocycles. The molecule has 1 aromatic heterocycles.